The molecular weight excluding hydrogens is 319 g/mol. The van der Waals surface area contributed by atoms with Crippen molar-refractivity contribution in [2.45, 2.75) is 9.79 Å². The van der Waals surface area contributed by atoms with Gasteiger partial charge in [0.1, 0.15) is 16.5 Å². The van der Waals surface area contributed by atoms with Crippen molar-refractivity contribution in [2.24, 2.45) is 0 Å². The number of benzene rings is 2. The zero-order valence-electron chi connectivity index (χ0n) is 10.9. The van der Waals surface area contributed by atoms with Gasteiger partial charge in [-0.3, -0.25) is 0 Å². The van der Waals surface area contributed by atoms with Crippen LogP contribution >= 0.6 is 0 Å². The molecule has 112 valence electrons. The van der Waals surface area contributed by atoms with E-state index < -0.39 is 25.8 Å². The molecule has 21 heavy (non-hydrogen) atoms. The standard InChI is InChI=1S/C13H11FO5S2/c1-20(15,16)12-6-3-7-13(9-12)21(17,18)19-11-5-2-4-10(14)8-11/h2-9H,1H3. The first-order valence-electron chi connectivity index (χ1n) is 5.69. The molecule has 2 rings (SSSR count). The fraction of sp³-hybridized carbons (Fsp3) is 0.0769. The van der Waals surface area contributed by atoms with Gasteiger partial charge in [0.05, 0.1) is 4.90 Å². The summed E-state index contributed by atoms with van der Waals surface area (Å²) in [5.74, 6) is -0.840. The number of rotatable bonds is 4. The average Bonchev–Trinajstić information content (AvgIpc) is 2.37. The monoisotopic (exact) mass is 330 g/mol. The number of hydrogen-bond donors (Lipinski definition) is 0. The molecule has 0 heterocycles. The van der Waals surface area contributed by atoms with Crippen molar-refractivity contribution in [1.29, 1.82) is 0 Å². The first kappa shape index (κ1) is 15.5. The highest BCUT2D eigenvalue weighted by Gasteiger charge is 2.19. The molecule has 0 unspecified atom stereocenters. The molecule has 0 aromatic heterocycles. The molecule has 0 atom stereocenters. The molecule has 0 N–H and O–H groups in total. The Labute approximate surface area is 122 Å². The predicted molar refractivity (Wildman–Crippen MR) is 73.8 cm³/mol. The van der Waals surface area contributed by atoms with Crippen molar-refractivity contribution in [3.63, 3.8) is 0 Å². The smallest absolute Gasteiger partial charge is 0.339 e. The molecule has 0 saturated carbocycles. The van der Waals surface area contributed by atoms with Crippen LogP contribution in [-0.4, -0.2) is 23.1 Å². The fourth-order valence-electron chi connectivity index (χ4n) is 1.55. The normalized spacial score (nSPS) is 12.1. The number of sulfone groups is 1. The molecule has 0 aliphatic rings. The number of halogens is 1. The van der Waals surface area contributed by atoms with Gasteiger partial charge < -0.3 is 4.18 Å². The lowest BCUT2D eigenvalue weighted by atomic mass is 10.3. The van der Waals surface area contributed by atoms with E-state index in [4.69, 9.17) is 4.18 Å². The van der Waals surface area contributed by atoms with Crippen LogP contribution in [0.15, 0.2) is 58.3 Å². The van der Waals surface area contributed by atoms with Gasteiger partial charge in [0.15, 0.2) is 9.84 Å². The highest BCUT2D eigenvalue weighted by Crippen LogP contribution is 2.21. The van der Waals surface area contributed by atoms with Crippen molar-refractivity contribution >= 4 is 20.0 Å². The van der Waals surface area contributed by atoms with E-state index in [9.17, 15) is 21.2 Å². The quantitative estimate of drug-likeness (QED) is 0.801. The largest absolute Gasteiger partial charge is 0.379 e. The third-order valence-electron chi connectivity index (χ3n) is 2.52. The van der Waals surface area contributed by atoms with E-state index >= 15 is 0 Å². The Morgan fingerprint density at radius 3 is 2.14 bits per heavy atom. The molecule has 0 saturated heterocycles. The summed E-state index contributed by atoms with van der Waals surface area (Å²) >= 11 is 0. The molecule has 0 aliphatic carbocycles. The Balaban J connectivity index is 2.41. The second-order valence-electron chi connectivity index (χ2n) is 4.24. The molecule has 8 heteroatoms. The summed E-state index contributed by atoms with van der Waals surface area (Å²) in [7, 11) is -7.79. The van der Waals surface area contributed by atoms with Gasteiger partial charge in [-0.2, -0.15) is 8.42 Å². The highest BCUT2D eigenvalue weighted by molar-refractivity contribution is 7.90. The topological polar surface area (TPSA) is 77.5 Å². The SMILES string of the molecule is CS(=O)(=O)c1cccc(S(=O)(=O)Oc2cccc(F)c2)c1. The Bertz CT molecular complexity index is 873. The number of hydrogen-bond acceptors (Lipinski definition) is 5. The van der Waals surface area contributed by atoms with Gasteiger partial charge in [0.25, 0.3) is 0 Å². The minimum absolute atomic E-state index is 0.147. The summed E-state index contributed by atoms with van der Waals surface area (Å²) in [5, 5.41) is 0. The third kappa shape index (κ3) is 3.79. The molecular formula is C13H11FO5S2. The zero-order chi connectivity index (χ0) is 15.7. The van der Waals surface area contributed by atoms with Crippen LogP contribution in [0.25, 0.3) is 0 Å². The lowest BCUT2D eigenvalue weighted by Gasteiger charge is -2.08. The van der Waals surface area contributed by atoms with Crippen molar-refractivity contribution in [3.8, 4) is 5.75 Å². The van der Waals surface area contributed by atoms with E-state index in [1.165, 1.54) is 30.3 Å². The van der Waals surface area contributed by atoms with E-state index in [1.54, 1.807) is 0 Å². The molecule has 2 aromatic carbocycles. The van der Waals surface area contributed by atoms with Gasteiger partial charge in [0, 0.05) is 12.3 Å². The second-order valence-corrected chi connectivity index (χ2v) is 7.80. The highest BCUT2D eigenvalue weighted by atomic mass is 32.2. The van der Waals surface area contributed by atoms with E-state index in [-0.39, 0.29) is 15.5 Å². The van der Waals surface area contributed by atoms with Crippen molar-refractivity contribution in [2.75, 3.05) is 6.26 Å². The summed E-state index contributed by atoms with van der Waals surface area (Å²) < 4.78 is 64.7. The van der Waals surface area contributed by atoms with Crippen LogP contribution in [0.4, 0.5) is 4.39 Å². The van der Waals surface area contributed by atoms with Crippen LogP contribution in [0.3, 0.4) is 0 Å². The van der Waals surface area contributed by atoms with Crippen LogP contribution in [-0.2, 0) is 20.0 Å². The summed E-state index contributed by atoms with van der Waals surface area (Å²) in [5.41, 5.74) is 0. The van der Waals surface area contributed by atoms with Crippen molar-refractivity contribution in [3.05, 3.63) is 54.3 Å². The minimum atomic E-state index is -4.24. The van der Waals surface area contributed by atoms with Crippen LogP contribution in [0, 0.1) is 5.82 Å². The lowest BCUT2D eigenvalue weighted by molar-refractivity contribution is 0.483. The zero-order valence-corrected chi connectivity index (χ0v) is 12.5. The molecule has 0 aliphatic heterocycles. The predicted octanol–water partition coefficient (Wildman–Crippen LogP) is 2.00. The van der Waals surface area contributed by atoms with E-state index in [2.05, 4.69) is 0 Å². The average molecular weight is 330 g/mol. The molecule has 2 aromatic rings. The van der Waals surface area contributed by atoms with Crippen molar-refractivity contribution < 1.29 is 25.4 Å². The maximum Gasteiger partial charge on any atom is 0.339 e. The van der Waals surface area contributed by atoms with Crippen LogP contribution in [0.1, 0.15) is 0 Å². The van der Waals surface area contributed by atoms with Crippen LogP contribution in [0.2, 0.25) is 0 Å². The van der Waals surface area contributed by atoms with Gasteiger partial charge in [-0.25, -0.2) is 12.8 Å². The minimum Gasteiger partial charge on any atom is -0.379 e. The molecule has 0 spiro atoms. The van der Waals surface area contributed by atoms with Crippen LogP contribution in [0.5, 0.6) is 5.75 Å². The summed E-state index contributed by atoms with van der Waals surface area (Å²) in [6, 6.07) is 9.39. The summed E-state index contributed by atoms with van der Waals surface area (Å²) in [4.78, 5) is -0.471. The van der Waals surface area contributed by atoms with Gasteiger partial charge in [-0.1, -0.05) is 12.1 Å². The Hall–Kier alpha value is -1.93. The first-order chi connectivity index (χ1) is 9.68. The summed E-state index contributed by atoms with van der Waals surface area (Å²) in [6.45, 7) is 0. The maximum atomic E-state index is 13.0. The van der Waals surface area contributed by atoms with Gasteiger partial charge in [0.2, 0.25) is 0 Å². The van der Waals surface area contributed by atoms with Gasteiger partial charge in [-0.15, -0.1) is 0 Å². The maximum absolute atomic E-state index is 13.0. The molecule has 5 nitrogen and oxygen atoms in total. The van der Waals surface area contributed by atoms with Gasteiger partial charge >= 0.3 is 10.1 Å². The Morgan fingerprint density at radius 1 is 0.905 bits per heavy atom. The third-order valence-corrected chi connectivity index (χ3v) is 4.88. The Morgan fingerprint density at radius 2 is 1.52 bits per heavy atom. The van der Waals surface area contributed by atoms with E-state index in [0.717, 1.165) is 24.5 Å². The fourth-order valence-corrected chi connectivity index (χ4v) is 3.27. The Kier molecular flexibility index (Phi) is 4.02. The van der Waals surface area contributed by atoms with E-state index in [1.807, 2.05) is 0 Å². The first-order valence-corrected chi connectivity index (χ1v) is 8.99. The van der Waals surface area contributed by atoms with Crippen LogP contribution < -0.4 is 4.18 Å². The van der Waals surface area contributed by atoms with Crippen molar-refractivity contribution in [1.82, 2.24) is 0 Å². The molecule has 0 bridgehead atoms. The second kappa shape index (κ2) is 5.45. The van der Waals surface area contributed by atoms with E-state index in [0.29, 0.717) is 0 Å². The lowest BCUT2D eigenvalue weighted by Crippen LogP contribution is -2.10. The van der Waals surface area contributed by atoms with Gasteiger partial charge in [-0.05, 0) is 30.3 Å². The molecule has 0 fully saturated rings. The molecule has 0 radical (unpaired) electrons. The summed E-state index contributed by atoms with van der Waals surface area (Å²) in [6.07, 6.45) is 0.964. The molecule has 0 amide bonds.